The van der Waals surface area contributed by atoms with Crippen LogP contribution in [0.5, 0.6) is 0 Å². The van der Waals surface area contributed by atoms with Crippen LogP contribution in [0.4, 0.5) is 0 Å². The van der Waals surface area contributed by atoms with Crippen LogP contribution in [0.3, 0.4) is 0 Å². The lowest BCUT2D eigenvalue weighted by Crippen LogP contribution is -2.34. The fourth-order valence-corrected chi connectivity index (χ4v) is 1.40. The van der Waals surface area contributed by atoms with Gasteiger partial charge in [0.1, 0.15) is 0 Å². The standard InChI is InChI=1S/C15H26N2O/c1-5-8-9-10-14(4)11-12-16-15(18)13-17(6-2)7-3/h5,8-12,14H,6-7,13H2,1-4H3,(H,16,18)/b8-5+,10-9-,12-11-. The molecule has 1 N–H and O–H groups in total. The molecule has 1 amide bonds. The second-order valence-corrected chi connectivity index (χ2v) is 4.16. The van der Waals surface area contributed by atoms with Crippen molar-refractivity contribution in [3.63, 3.8) is 0 Å². The van der Waals surface area contributed by atoms with Crippen molar-refractivity contribution in [2.75, 3.05) is 19.6 Å². The monoisotopic (exact) mass is 250 g/mol. The first-order valence-corrected chi connectivity index (χ1v) is 6.61. The van der Waals surface area contributed by atoms with E-state index in [0.29, 0.717) is 12.5 Å². The molecule has 1 unspecified atom stereocenters. The molecule has 0 saturated carbocycles. The van der Waals surface area contributed by atoms with Gasteiger partial charge in [0.25, 0.3) is 0 Å². The lowest BCUT2D eigenvalue weighted by Gasteiger charge is -2.16. The van der Waals surface area contributed by atoms with Gasteiger partial charge in [-0.1, -0.05) is 51.2 Å². The summed E-state index contributed by atoms with van der Waals surface area (Å²) in [6.07, 6.45) is 11.8. The Hall–Kier alpha value is -1.35. The van der Waals surface area contributed by atoms with Crippen molar-refractivity contribution in [1.82, 2.24) is 10.2 Å². The number of allylic oxidation sites excluding steroid dienone is 5. The summed E-state index contributed by atoms with van der Waals surface area (Å²) < 4.78 is 0. The minimum Gasteiger partial charge on any atom is -0.332 e. The van der Waals surface area contributed by atoms with E-state index in [-0.39, 0.29) is 5.91 Å². The van der Waals surface area contributed by atoms with Crippen molar-refractivity contribution < 1.29 is 4.79 Å². The molecule has 0 fully saturated rings. The van der Waals surface area contributed by atoms with Gasteiger partial charge in [0.2, 0.25) is 5.91 Å². The molecule has 0 aliphatic carbocycles. The summed E-state index contributed by atoms with van der Waals surface area (Å²) >= 11 is 0. The zero-order valence-corrected chi connectivity index (χ0v) is 12.0. The van der Waals surface area contributed by atoms with Gasteiger partial charge in [-0.3, -0.25) is 9.69 Å². The van der Waals surface area contributed by atoms with Gasteiger partial charge in [-0.15, -0.1) is 0 Å². The van der Waals surface area contributed by atoms with Crippen molar-refractivity contribution in [2.45, 2.75) is 27.7 Å². The number of rotatable bonds is 8. The molecule has 18 heavy (non-hydrogen) atoms. The van der Waals surface area contributed by atoms with E-state index in [4.69, 9.17) is 0 Å². The van der Waals surface area contributed by atoms with E-state index in [0.717, 1.165) is 13.1 Å². The molecule has 1 atom stereocenters. The van der Waals surface area contributed by atoms with Gasteiger partial charge < -0.3 is 5.32 Å². The summed E-state index contributed by atoms with van der Waals surface area (Å²) in [5, 5.41) is 2.79. The molecular weight excluding hydrogens is 224 g/mol. The van der Waals surface area contributed by atoms with E-state index in [1.165, 1.54) is 0 Å². The van der Waals surface area contributed by atoms with Crippen LogP contribution >= 0.6 is 0 Å². The maximum Gasteiger partial charge on any atom is 0.238 e. The Morgan fingerprint density at radius 2 is 1.89 bits per heavy atom. The first-order chi connectivity index (χ1) is 8.63. The predicted molar refractivity (Wildman–Crippen MR) is 78.2 cm³/mol. The predicted octanol–water partition coefficient (Wildman–Crippen LogP) is 2.73. The highest BCUT2D eigenvalue weighted by molar-refractivity contribution is 5.78. The number of carbonyl (C=O) groups is 1. The summed E-state index contributed by atoms with van der Waals surface area (Å²) in [5.41, 5.74) is 0. The Bertz CT molecular complexity index is 302. The van der Waals surface area contributed by atoms with Gasteiger partial charge in [0, 0.05) is 6.20 Å². The third-order valence-electron chi connectivity index (χ3n) is 2.62. The zero-order valence-electron chi connectivity index (χ0n) is 12.0. The molecule has 0 aromatic heterocycles. The van der Waals surface area contributed by atoms with E-state index in [9.17, 15) is 4.79 Å². The van der Waals surface area contributed by atoms with Crippen LogP contribution in [0.1, 0.15) is 27.7 Å². The first kappa shape index (κ1) is 16.6. The molecule has 0 rings (SSSR count). The molecular formula is C15H26N2O. The average molecular weight is 250 g/mol. The van der Waals surface area contributed by atoms with E-state index < -0.39 is 0 Å². The van der Waals surface area contributed by atoms with Gasteiger partial charge in [0.05, 0.1) is 6.54 Å². The zero-order chi connectivity index (χ0) is 13.8. The van der Waals surface area contributed by atoms with E-state index >= 15 is 0 Å². The van der Waals surface area contributed by atoms with Gasteiger partial charge in [-0.25, -0.2) is 0 Å². The molecule has 0 spiro atoms. The van der Waals surface area contributed by atoms with Crippen LogP contribution in [0, 0.1) is 5.92 Å². The fourth-order valence-electron chi connectivity index (χ4n) is 1.40. The number of hydrogen-bond donors (Lipinski definition) is 1. The molecule has 3 heteroatoms. The number of carbonyl (C=O) groups excluding carboxylic acids is 1. The fraction of sp³-hybridized carbons (Fsp3) is 0.533. The van der Waals surface area contributed by atoms with Gasteiger partial charge >= 0.3 is 0 Å². The number of amides is 1. The summed E-state index contributed by atoms with van der Waals surface area (Å²) in [6.45, 7) is 10.4. The molecule has 0 heterocycles. The highest BCUT2D eigenvalue weighted by atomic mass is 16.1. The second kappa shape index (κ2) is 10.8. The van der Waals surface area contributed by atoms with Crippen molar-refractivity contribution in [3.05, 3.63) is 36.6 Å². The SMILES string of the molecule is C/C=C/C=C\C(C)/C=C\NC(=O)CN(CC)CC. The summed E-state index contributed by atoms with van der Waals surface area (Å²) in [4.78, 5) is 13.7. The molecule has 0 bridgehead atoms. The summed E-state index contributed by atoms with van der Waals surface area (Å²) in [5.74, 6) is 0.356. The number of likely N-dealkylation sites (N-methyl/N-ethyl adjacent to an activating group) is 1. The number of nitrogens with zero attached hydrogens (tertiary/aromatic N) is 1. The molecule has 0 radical (unpaired) electrons. The first-order valence-electron chi connectivity index (χ1n) is 6.61. The van der Waals surface area contributed by atoms with Crippen molar-refractivity contribution in [2.24, 2.45) is 5.92 Å². The second-order valence-electron chi connectivity index (χ2n) is 4.16. The molecule has 0 aromatic carbocycles. The smallest absolute Gasteiger partial charge is 0.238 e. The van der Waals surface area contributed by atoms with E-state index in [1.54, 1.807) is 6.20 Å². The van der Waals surface area contributed by atoms with Gasteiger partial charge in [-0.2, -0.15) is 0 Å². The topological polar surface area (TPSA) is 32.3 Å². The number of hydrogen-bond acceptors (Lipinski definition) is 2. The molecule has 0 aliphatic rings. The van der Waals surface area contributed by atoms with E-state index in [2.05, 4.69) is 37.1 Å². The van der Waals surface area contributed by atoms with Crippen LogP contribution in [0.15, 0.2) is 36.6 Å². The van der Waals surface area contributed by atoms with Crippen molar-refractivity contribution in [1.29, 1.82) is 0 Å². The van der Waals surface area contributed by atoms with Crippen molar-refractivity contribution in [3.8, 4) is 0 Å². The molecule has 3 nitrogen and oxygen atoms in total. The maximum atomic E-state index is 11.6. The van der Waals surface area contributed by atoms with Gasteiger partial charge in [-0.05, 0) is 25.9 Å². The lowest BCUT2D eigenvalue weighted by atomic mass is 10.1. The third-order valence-corrected chi connectivity index (χ3v) is 2.62. The Morgan fingerprint density at radius 3 is 2.44 bits per heavy atom. The van der Waals surface area contributed by atoms with Crippen LogP contribution < -0.4 is 5.32 Å². The minimum atomic E-state index is 0.0413. The Kier molecular flexibility index (Phi) is 9.97. The van der Waals surface area contributed by atoms with Crippen LogP contribution in [-0.2, 0) is 4.79 Å². The Morgan fingerprint density at radius 1 is 1.22 bits per heavy atom. The van der Waals surface area contributed by atoms with Crippen LogP contribution in [-0.4, -0.2) is 30.4 Å². The Labute approximate surface area is 111 Å². The van der Waals surface area contributed by atoms with E-state index in [1.807, 2.05) is 31.2 Å². The lowest BCUT2D eigenvalue weighted by molar-refractivity contribution is -0.121. The van der Waals surface area contributed by atoms with Crippen molar-refractivity contribution >= 4 is 5.91 Å². The highest BCUT2D eigenvalue weighted by Crippen LogP contribution is 1.98. The summed E-state index contributed by atoms with van der Waals surface area (Å²) in [6, 6.07) is 0. The normalized spacial score (nSPS) is 14.1. The average Bonchev–Trinajstić information content (AvgIpc) is 2.36. The molecule has 0 saturated heterocycles. The van der Waals surface area contributed by atoms with Crippen LogP contribution in [0.25, 0.3) is 0 Å². The molecule has 102 valence electrons. The minimum absolute atomic E-state index is 0.0413. The maximum absolute atomic E-state index is 11.6. The Balaban J connectivity index is 3.96. The van der Waals surface area contributed by atoms with Gasteiger partial charge in [0.15, 0.2) is 0 Å². The highest BCUT2D eigenvalue weighted by Gasteiger charge is 2.04. The summed E-state index contributed by atoms with van der Waals surface area (Å²) in [7, 11) is 0. The van der Waals surface area contributed by atoms with Crippen LogP contribution in [0.2, 0.25) is 0 Å². The number of nitrogens with one attached hydrogen (secondary N) is 1. The molecule has 0 aliphatic heterocycles. The third kappa shape index (κ3) is 8.76. The molecule has 0 aromatic rings. The largest absolute Gasteiger partial charge is 0.332 e. The quantitative estimate of drug-likeness (QED) is 0.672.